The molecule has 3 rings (SSSR count). The normalized spacial score (nSPS) is 13.9. The van der Waals surface area contributed by atoms with Gasteiger partial charge < -0.3 is 0 Å². The monoisotopic (exact) mass is 243 g/mol. The largest absolute Gasteiger partial charge is 0.297 e. The zero-order valence-electron chi connectivity index (χ0n) is 8.45. The number of benzene rings is 1. The highest BCUT2D eigenvalue weighted by Gasteiger charge is 2.26. The molecule has 2 amide bonds. The van der Waals surface area contributed by atoms with E-state index in [4.69, 9.17) is 0 Å². The molecular weight excluding hydrogens is 238 g/mol. The summed E-state index contributed by atoms with van der Waals surface area (Å²) in [5, 5.41) is 9.14. The third-order valence-corrected chi connectivity index (χ3v) is 3.21. The lowest BCUT2D eigenvalue weighted by Crippen LogP contribution is -2.12. The van der Waals surface area contributed by atoms with Gasteiger partial charge in [0.1, 0.15) is 5.01 Å². The smallest absolute Gasteiger partial charge is 0.265 e. The highest BCUT2D eigenvalue weighted by molar-refractivity contribution is 7.13. The van der Waals surface area contributed by atoms with Gasteiger partial charge in [-0.3, -0.25) is 9.59 Å². The molecule has 17 heavy (non-hydrogen) atoms. The minimum Gasteiger partial charge on any atom is -0.265 e. The van der Waals surface area contributed by atoms with E-state index in [9.17, 15) is 9.59 Å². The van der Waals surface area contributed by atoms with Crippen molar-refractivity contribution < 1.29 is 9.59 Å². The predicted molar refractivity (Wildman–Crippen MR) is 61.1 cm³/mol. The predicted octanol–water partition coefficient (Wildman–Crippen LogP) is 2.56. The third kappa shape index (κ3) is 1.50. The van der Waals surface area contributed by atoms with E-state index in [-0.39, 0.29) is 5.56 Å². The highest BCUT2D eigenvalue weighted by Crippen LogP contribution is 2.30. The Balaban J connectivity index is 2.31. The number of nitrogens with zero attached hydrogens (tertiary/aromatic N) is 3. The van der Waals surface area contributed by atoms with Crippen LogP contribution in [-0.2, 0) is 0 Å². The van der Waals surface area contributed by atoms with Crippen LogP contribution in [0.4, 0.5) is 0 Å². The Morgan fingerprint density at radius 2 is 1.76 bits per heavy atom. The number of hydrogen-bond donors (Lipinski definition) is 0. The zero-order chi connectivity index (χ0) is 11.8. The molecule has 82 valence electrons. The molecule has 1 aliphatic rings. The molecule has 1 aromatic heterocycles. The lowest BCUT2D eigenvalue weighted by atomic mass is 9.99. The first-order valence-corrected chi connectivity index (χ1v) is 5.68. The first-order chi connectivity index (χ1) is 8.27. The van der Waals surface area contributed by atoms with Gasteiger partial charge in [0.25, 0.3) is 11.8 Å². The Kier molecular flexibility index (Phi) is 2.15. The molecular formula is C11H5N3O2S. The number of azo groups is 1. The van der Waals surface area contributed by atoms with E-state index in [0.717, 1.165) is 0 Å². The van der Waals surface area contributed by atoms with Crippen LogP contribution in [0.5, 0.6) is 0 Å². The summed E-state index contributed by atoms with van der Waals surface area (Å²) in [7, 11) is 0. The molecule has 0 spiro atoms. The number of fused-ring (bicyclic) bond motifs is 1. The van der Waals surface area contributed by atoms with Crippen LogP contribution in [0.3, 0.4) is 0 Å². The van der Waals surface area contributed by atoms with E-state index in [1.54, 1.807) is 24.4 Å². The minimum absolute atomic E-state index is 0.290. The van der Waals surface area contributed by atoms with Gasteiger partial charge in [-0.15, -0.1) is 21.6 Å². The van der Waals surface area contributed by atoms with Crippen LogP contribution in [0, 0.1) is 0 Å². The van der Waals surface area contributed by atoms with E-state index < -0.39 is 11.8 Å². The van der Waals surface area contributed by atoms with Crippen LogP contribution in [0.25, 0.3) is 10.6 Å². The number of hydrogen-bond acceptors (Lipinski definition) is 4. The number of carbonyl (C=O) groups is 2. The van der Waals surface area contributed by atoms with Crippen LogP contribution < -0.4 is 0 Å². The Hall–Kier alpha value is -2.21. The molecule has 0 unspecified atom stereocenters. The lowest BCUT2D eigenvalue weighted by Gasteiger charge is -2.10. The maximum absolute atomic E-state index is 11.7. The van der Waals surface area contributed by atoms with Crippen molar-refractivity contribution in [1.82, 2.24) is 4.98 Å². The van der Waals surface area contributed by atoms with Gasteiger partial charge in [0, 0.05) is 17.1 Å². The van der Waals surface area contributed by atoms with Crippen LogP contribution >= 0.6 is 11.3 Å². The van der Waals surface area contributed by atoms with E-state index in [1.807, 2.05) is 5.38 Å². The first kappa shape index (κ1) is 9.98. The number of amides is 2. The van der Waals surface area contributed by atoms with Gasteiger partial charge in [-0.05, 0) is 6.07 Å². The molecule has 2 aromatic rings. The summed E-state index contributed by atoms with van der Waals surface area (Å²) in [6, 6.07) is 5.04. The second-order valence-corrected chi connectivity index (χ2v) is 4.27. The Bertz CT molecular complexity index is 647. The Labute approximate surface area is 99.8 Å². The number of carbonyl (C=O) groups excluding carboxylic acids is 2. The maximum atomic E-state index is 11.7. The fourth-order valence-electron chi connectivity index (χ4n) is 1.69. The van der Waals surface area contributed by atoms with Crippen LogP contribution in [0.2, 0.25) is 0 Å². The van der Waals surface area contributed by atoms with Gasteiger partial charge in [-0.2, -0.15) is 0 Å². The fraction of sp³-hybridized carbons (Fsp3) is 0. The van der Waals surface area contributed by atoms with Crippen molar-refractivity contribution in [2.45, 2.75) is 0 Å². The first-order valence-electron chi connectivity index (χ1n) is 4.80. The summed E-state index contributed by atoms with van der Waals surface area (Å²) in [5.74, 6) is -0.983. The van der Waals surface area contributed by atoms with Gasteiger partial charge in [-0.1, -0.05) is 12.1 Å². The molecule has 0 N–H and O–H groups in total. The van der Waals surface area contributed by atoms with Crippen molar-refractivity contribution in [1.29, 1.82) is 0 Å². The Morgan fingerprint density at radius 3 is 2.53 bits per heavy atom. The van der Waals surface area contributed by atoms with E-state index in [0.29, 0.717) is 16.1 Å². The van der Waals surface area contributed by atoms with E-state index >= 15 is 0 Å². The van der Waals surface area contributed by atoms with Crippen LogP contribution in [0.15, 0.2) is 40.0 Å². The quantitative estimate of drug-likeness (QED) is 0.772. The van der Waals surface area contributed by atoms with Crippen molar-refractivity contribution >= 4 is 23.2 Å². The molecule has 0 radical (unpaired) electrons. The summed E-state index contributed by atoms with van der Waals surface area (Å²) in [6.07, 6.45) is 1.65. The maximum Gasteiger partial charge on any atom is 0.297 e. The summed E-state index contributed by atoms with van der Waals surface area (Å²) >= 11 is 1.41. The average molecular weight is 243 g/mol. The van der Waals surface area contributed by atoms with Crippen LogP contribution in [-0.4, -0.2) is 16.8 Å². The fourth-order valence-corrected chi connectivity index (χ4v) is 2.36. The van der Waals surface area contributed by atoms with E-state index in [2.05, 4.69) is 15.2 Å². The zero-order valence-corrected chi connectivity index (χ0v) is 9.27. The molecule has 0 bridgehead atoms. The van der Waals surface area contributed by atoms with Crippen LogP contribution in [0.1, 0.15) is 20.7 Å². The minimum atomic E-state index is -0.495. The molecule has 0 atom stereocenters. The van der Waals surface area contributed by atoms with Gasteiger partial charge in [-0.25, -0.2) is 4.98 Å². The lowest BCUT2D eigenvalue weighted by molar-refractivity contribution is 0.0921. The molecule has 1 aromatic carbocycles. The molecule has 0 saturated heterocycles. The highest BCUT2D eigenvalue weighted by atomic mass is 32.1. The number of aromatic nitrogens is 1. The molecule has 2 heterocycles. The van der Waals surface area contributed by atoms with Crippen molar-refractivity contribution in [3.63, 3.8) is 0 Å². The number of thiazole rings is 1. The average Bonchev–Trinajstić information content (AvgIpc) is 2.87. The topological polar surface area (TPSA) is 71.8 Å². The molecule has 1 aliphatic heterocycles. The van der Waals surface area contributed by atoms with Gasteiger partial charge >= 0.3 is 0 Å². The van der Waals surface area contributed by atoms with Crippen molar-refractivity contribution in [3.8, 4) is 10.6 Å². The summed E-state index contributed by atoms with van der Waals surface area (Å²) in [5.41, 5.74) is 1.22. The summed E-state index contributed by atoms with van der Waals surface area (Å²) in [6.45, 7) is 0. The third-order valence-electron chi connectivity index (χ3n) is 2.40. The second kappa shape index (κ2) is 3.67. The Morgan fingerprint density at radius 1 is 1.00 bits per heavy atom. The summed E-state index contributed by atoms with van der Waals surface area (Å²) < 4.78 is 0. The molecule has 5 nitrogen and oxygen atoms in total. The van der Waals surface area contributed by atoms with E-state index in [1.165, 1.54) is 11.3 Å². The molecule has 6 heteroatoms. The van der Waals surface area contributed by atoms with Crippen molar-refractivity contribution in [2.75, 3.05) is 0 Å². The number of rotatable bonds is 1. The molecule has 0 fully saturated rings. The SMILES string of the molecule is O=C1N=NC(=O)c2c1cccc2-c1nccs1. The summed E-state index contributed by atoms with van der Waals surface area (Å²) in [4.78, 5) is 27.4. The van der Waals surface area contributed by atoms with Gasteiger partial charge in [0.05, 0.1) is 11.1 Å². The molecule has 0 saturated carbocycles. The molecule has 0 aliphatic carbocycles. The second-order valence-electron chi connectivity index (χ2n) is 3.38. The van der Waals surface area contributed by atoms with Crippen molar-refractivity contribution in [2.24, 2.45) is 10.2 Å². The van der Waals surface area contributed by atoms with Gasteiger partial charge in [0.15, 0.2) is 0 Å². The standard InChI is InChI=1S/C11H5N3O2S/c15-9-6-2-1-3-7(11-12-4-5-17-11)8(6)10(16)14-13-9/h1-5H. The van der Waals surface area contributed by atoms with Crippen molar-refractivity contribution in [3.05, 3.63) is 40.9 Å². The van der Waals surface area contributed by atoms with Gasteiger partial charge in [0.2, 0.25) is 0 Å².